The highest BCUT2D eigenvalue weighted by molar-refractivity contribution is 6.46. The third-order valence-corrected chi connectivity index (χ3v) is 5.56. The second kappa shape index (κ2) is 15.8. The van der Waals surface area contributed by atoms with Crippen LogP contribution in [0.15, 0.2) is 47.1 Å². The van der Waals surface area contributed by atoms with Gasteiger partial charge >= 0.3 is 23.9 Å². The molecule has 10 heteroatoms. The number of Topliss-reactive ketones (excluding diaryl/α,β-unsaturated/α-hetero) is 1. The Kier molecular flexibility index (Phi) is 13.6. The zero-order valence-electron chi connectivity index (χ0n) is 21.9. The summed E-state index contributed by atoms with van der Waals surface area (Å²) < 4.78 is 21.0. The Labute approximate surface area is 222 Å². The van der Waals surface area contributed by atoms with E-state index >= 15 is 0 Å². The number of ether oxygens (including phenoxy) is 4. The van der Waals surface area contributed by atoms with Gasteiger partial charge in [-0.05, 0) is 37.8 Å². The maximum absolute atomic E-state index is 13.1. The third-order valence-electron chi connectivity index (χ3n) is 5.28. The average Bonchev–Trinajstić information content (AvgIpc) is 3.03. The normalized spacial score (nSPS) is 20.1. The number of methoxy groups -OCH3 is 1. The van der Waals surface area contributed by atoms with Gasteiger partial charge in [-0.1, -0.05) is 42.8 Å². The number of carbonyl (C=O) groups is 5. The number of carbonyl (C=O) groups excluding carboxylic acids is 5. The van der Waals surface area contributed by atoms with E-state index in [0.29, 0.717) is 6.42 Å². The van der Waals surface area contributed by atoms with Crippen molar-refractivity contribution in [3.05, 3.63) is 47.1 Å². The molecule has 9 nitrogen and oxygen atoms in total. The summed E-state index contributed by atoms with van der Waals surface area (Å²) in [6, 6.07) is 0. The monoisotopic (exact) mass is 538 g/mol. The summed E-state index contributed by atoms with van der Waals surface area (Å²) in [6.07, 6.45) is 10.0. The van der Waals surface area contributed by atoms with E-state index in [1.807, 2.05) is 25.2 Å². The molecule has 0 aliphatic heterocycles. The first kappa shape index (κ1) is 31.8. The average molecular weight is 539 g/mol. The van der Waals surface area contributed by atoms with Gasteiger partial charge in [-0.3, -0.25) is 24.0 Å². The van der Waals surface area contributed by atoms with Gasteiger partial charge in [0.05, 0.1) is 12.1 Å². The Morgan fingerprint density at radius 1 is 1.00 bits per heavy atom. The van der Waals surface area contributed by atoms with E-state index in [2.05, 4.69) is 4.74 Å². The molecule has 0 spiro atoms. The fourth-order valence-electron chi connectivity index (χ4n) is 3.76. The highest BCUT2D eigenvalue weighted by Gasteiger charge is 2.46. The number of allylic oxidation sites excluding steroid dienone is 4. The van der Waals surface area contributed by atoms with E-state index in [1.54, 1.807) is 6.08 Å². The fourth-order valence-corrected chi connectivity index (χ4v) is 4.04. The Morgan fingerprint density at radius 2 is 1.65 bits per heavy atom. The van der Waals surface area contributed by atoms with E-state index in [-0.39, 0.29) is 36.3 Å². The second-order valence-corrected chi connectivity index (χ2v) is 8.77. The summed E-state index contributed by atoms with van der Waals surface area (Å²) in [6.45, 7) is 5.57. The number of ketones is 1. The van der Waals surface area contributed by atoms with Crippen molar-refractivity contribution in [3.63, 3.8) is 0 Å². The largest absolute Gasteiger partial charge is 0.469 e. The molecule has 0 saturated heterocycles. The SMILES string of the molecule is CCC=CCC=CCC1(OC(C)=O)C=C(Cl)C(=O)C1=CC(OC(C)=O)C(CCCC(=O)OC)OC(C)=O. The van der Waals surface area contributed by atoms with Crippen molar-refractivity contribution in [1.29, 1.82) is 0 Å². The summed E-state index contributed by atoms with van der Waals surface area (Å²) >= 11 is 6.19. The van der Waals surface area contributed by atoms with Crippen LogP contribution in [0.3, 0.4) is 0 Å². The lowest BCUT2D eigenvalue weighted by Crippen LogP contribution is -2.38. The van der Waals surface area contributed by atoms with Crippen LogP contribution in [0.5, 0.6) is 0 Å². The summed E-state index contributed by atoms with van der Waals surface area (Å²) in [5.41, 5.74) is -1.58. The predicted molar refractivity (Wildman–Crippen MR) is 136 cm³/mol. The first-order valence-electron chi connectivity index (χ1n) is 12.0. The van der Waals surface area contributed by atoms with Gasteiger partial charge in [0.15, 0.2) is 11.7 Å². The molecule has 0 N–H and O–H groups in total. The maximum Gasteiger partial charge on any atom is 0.305 e. The van der Waals surface area contributed by atoms with Crippen LogP contribution < -0.4 is 0 Å². The van der Waals surface area contributed by atoms with Gasteiger partial charge in [0.1, 0.15) is 6.10 Å². The van der Waals surface area contributed by atoms with Gasteiger partial charge < -0.3 is 18.9 Å². The molecular formula is C27H35ClO9. The Morgan fingerprint density at radius 3 is 2.22 bits per heavy atom. The minimum absolute atomic E-state index is 0.0298. The van der Waals surface area contributed by atoms with Crippen molar-refractivity contribution in [2.75, 3.05) is 7.11 Å². The van der Waals surface area contributed by atoms with E-state index in [1.165, 1.54) is 40.0 Å². The molecule has 0 aromatic rings. The Balaban J connectivity index is 3.47. The highest BCUT2D eigenvalue weighted by Crippen LogP contribution is 2.40. The molecule has 37 heavy (non-hydrogen) atoms. The van der Waals surface area contributed by atoms with E-state index in [0.717, 1.165) is 6.42 Å². The quantitative estimate of drug-likeness (QED) is 0.137. The van der Waals surface area contributed by atoms with Crippen LogP contribution in [0.1, 0.15) is 66.2 Å². The lowest BCUT2D eigenvalue weighted by molar-refractivity contribution is -0.162. The topological polar surface area (TPSA) is 122 Å². The number of hydrogen-bond acceptors (Lipinski definition) is 9. The van der Waals surface area contributed by atoms with Gasteiger partial charge in [-0.2, -0.15) is 0 Å². The maximum atomic E-state index is 13.1. The molecular weight excluding hydrogens is 504 g/mol. The highest BCUT2D eigenvalue weighted by atomic mass is 35.5. The first-order valence-corrected chi connectivity index (χ1v) is 12.4. The first-order chi connectivity index (χ1) is 17.5. The molecule has 3 unspecified atom stereocenters. The van der Waals surface area contributed by atoms with Crippen LogP contribution in [-0.2, 0) is 42.9 Å². The van der Waals surface area contributed by atoms with Crippen molar-refractivity contribution in [3.8, 4) is 0 Å². The summed E-state index contributed by atoms with van der Waals surface area (Å²) in [5, 5.41) is -0.164. The zero-order chi connectivity index (χ0) is 28.0. The Bertz CT molecular complexity index is 976. The fraction of sp³-hybridized carbons (Fsp3) is 0.519. The molecule has 0 bridgehead atoms. The molecule has 3 atom stereocenters. The van der Waals surface area contributed by atoms with Crippen LogP contribution in [0.25, 0.3) is 0 Å². The number of hydrogen-bond donors (Lipinski definition) is 0. The molecule has 1 aliphatic rings. The second-order valence-electron chi connectivity index (χ2n) is 8.37. The van der Waals surface area contributed by atoms with Gasteiger partial charge in [-0.25, -0.2) is 0 Å². The van der Waals surface area contributed by atoms with Gasteiger partial charge in [0.2, 0.25) is 5.78 Å². The van der Waals surface area contributed by atoms with E-state index in [4.69, 9.17) is 25.8 Å². The van der Waals surface area contributed by atoms with Crippen molar-refractivity contribution in [2.24, 2.45) is 0 Å². The number of esters is 4. The minimum Gasteiger partial charge on any atom is -0.469 e. The summed E-state index contributed by atoms with van der Waals surface area (Å²) in [5.74, 6) is -3.07. The van der Waals surface area contributed by atoms with E-state index in [9.17, 15) is 24.0 Å². The lowest BCUT2D eigenvalue weighted by Gasteiger charge is -2.30. The lowest BCUT2D eigenvalue weighted by atomic mass is 9.89. The molecule has 204 valence electrons. The van der Waals surface area contributed by atoms with Crippen LogP contribution in [-0.4, -0.2) is 54.6 Å². The molecule has 0 saturated carbocycles. The smallest absolute Gasteiger partial charge is 0.305 e. The molecule has 0 aromatic heterocycles. The van der Waals surface area contributed by atoms with Crippen LogP contribution in [0.4, 0.5) is 0 Å². The van der Waals surface area contributed by atoms with Gasteiger partial charge in [-0.15, -0.1) is 0 Å². The van der Waals surface area contributed by atoms with Gasteiger partial charge in [0.25, 0.3) is 0 Å². The van der Waals surface area contributed by atoms with Crippen molar-refractivity contribution >= 4 is 41.3 Å². The molecule has 0 fully saturated rings. The third kappa shape index (κ3) is 10.8. The van der Waals surface area contributed by atoms with Crippen LogP contribution in [0.2, 0.25) is 0 Å². The Hall–Kier alpha value is -3.20. The predicted octanol–water partition coefficient (Wildman–Crippen LogP) is 4.43. The van der Waals surface area contributed by atoms with Crippen molar-refractivity contribution < 1.29 is 42.9 Å². The molecule has 0 radical (unpaired) electrons. The molecule has 1 aliphatic carbocycles. The van der Waals surface area contributed by atoms with Crippen molar-refractivity contribution in [1.82, 2.24) is 0 Å². The summed E-state index contributed by atoms with van der Waals surface area (Å²) in [7, 11) is 1.25. The minimum atomic E-state index is -1.55. The number of halogens is 1. The van der Waals surface area contributed by atoms with Crippen LogP contribution >= 0.6 is 11.6 Å². The molecule has 1 rings (SSSR count). The van der Waals surface area contributed by atoms with Crippen molar-refractivity contribution in [2.45, 2.75) is 84.0 Å². The van der Waals surface area contributed by atoms with Crippen LogP contribution in [0, 0.1) is 0 Å². The molecule has 0 aromatic carbocycles. The standard InChI is InChI=1S/C27H35ClO9/c1-6-7-8-9-10-11-15-27(37-20(4)31)17-22(28)26(33)21(27)16-24(36-19(3)30)23(35-18(2)29)13-12-14-25(32)34-5/h7-8,10-11,16-17,23-24H,6,9,12-15H2,1-5H3. The molecule has 0 amide bonds. The molecule has 0 heterocycles. The van der Waals surface area contributed by atoms with E-state index < -0.39 is 47.5 Å². The van der Waals surface area contributed by atoms with Gasteiger partial charge in [0, 0.05) is 39.2 Å². The zero-order valence-corrected chi connectivity index (χ0v) is 22.7. The number of rotatable bonds is 14. The summed E-state index contributed by atoms with van der Waals surface area (Å²) in [4.78, 5) is 60.4.